The van der Waals surface area contributed by atoms with Gasteiger partial charge in [-0.05, 0) is 52.4 Å². The molecule has 0 aromatic rings. The topological polar surface area (TPSA) is 49.4 Å². The number of hydrogen-bond acceptors (Lipinski definition) is 2. The van der Waals surface area contributed by atoms with E-state index in [-0.39, 0.29) is 11.9 Å². The van der Waals surface area contributed by atoms with Crippen LogP contribution in [0, 0.1) is 0 Å². The predicted molar refractivity (Wildman–Crippen MR) is 120 cm³/mol. The van der Waals surface area contributed by atoms with Gasteiger partial charge in [-0.1, -0.05) is 56.2 Å². The lowest BCUT2D eigenvalue weighted by atomic mass is 10.1. The highest BCUT2D eigenvalue weighted by atomic mass is 16.2. The summed E-state index contributed by atoms with van der Waals surface area (Å²) in [5.74, 6) is 0.399. The summed E-state index contributed by atoms with van der Waals surface area (Å²) < 4.78 is 0. The summed E-state index contributed by atoms with van der Waals surface area (Å²) in [6.07, 6.45) is 22.1. The first-order valence-electron chi connectivity index (χ1n) is 11.0. The van der Waals surface area contributed by atoms with Gasteiger partial charge in [0, 0.05) is 32.5 Å². The molecule has 1 N–H and O–H groups in total. The molecule has 2 amide bonds. The van der Waals surface area contributed by atoms with Crippen molar-refractivity contribution >= 4 is 11.8 Å². The Morgan fingerprint density at radius 3 is 2.04 bits per heavy atom. The van der Waals surface area contributed by atoms with Gasteiger partial charge in [-0.25, -0.2) is 0 Å². The maximum absolute atomic E-state index is 12.3. The molecule has 0 aliphatic carbocycles. The number of amides is 2. The normalized spacial score (nSPS) is 11.9. The zero-order valence-electron chi connectivity index (χ0n) is 18.6. The second kappa shape index (κ2) is 18.5. The molecular weight excluding hydrogens is 348 g/mol. The second-order valence-electron chi connectivity index (χ2n) is 7.38. The Morgan fingerprint density at radius 1 is 0.857 bits per heavy atom. The van der Waals surface area contributed by atoms with Crippen molar-refractivity contribution in [2.75, 3.05) is 13.6 Å². The average Bonchev–Trinajstić information content (AvgIpc) is 2.67. The van der Waals surface area contributed by atoms with E-state index in [1.165, 1.54) is 0 Å². The molecule has 4 nitrogen and oxygen atoms in total. The van der Waals surface area contributed by atoms with E-state index in [0.29, 0.717) is 18.7 Å². The van der Waals surface area contributed by atoms with Crippen LogP contribution in [-0.2, 0) is 9.59 Å². The molecule has 0 unspecified atom stereocenters. The van der Waals surface area contributed by atoms with Gasteiger partial charge < -0.3 is 10.2 Å². The fourth-order valence-electron chi connectivity index (χ4n) is 2.84. The van der Waals surface area contributed by atoms with E-state index < -0.39 is 0 Å². The highest BCUT2D eigenvalue weighted by Gasteiger charge is 2.15. The summed E-state index contributed by atoms with van der Waals surface area (Å²) in [6.45, 7) is 7.16. The van der Waals surface area contributed by atoms with Crippen LogP contribution >= 0.6 is 0 Å². The minimum absolute atomic E-state index is 0.109. The average molecular weight is 391 g/mol. The fraction of sp³-hybridized carbons (Fsp3) is 0.667. The standard InChI is InChI=1S/C24H42N2O2/c1-5-6-16-20-24(28)26(22(2)3)21-18-15-13-11-9-7-8-10-12-14-17-19-23(27)25-4/h7,9-10,12-13,15,22H,5-6,8,11,14,16-21H2,1-4H3,(H,25,27)/b9-7-,12-10-,15-13-. The van der Waals surface area contributed by atoms with E-state index in [4.69, 9.17) is 0 Å². The van der Waals surface area contributed by atoms with E-state index >= 15 is 0 Å². The van der Waals surface area contributed by atoms with Gasteiger partial charge in [0.15, 0.2) is 0 Å². The van der Waals surface area contributed by atoms with Crippen LogP contribution in [0.15, 0.2) is 36.5 Å². The van der Waals surface area contributed by atoms with Gasteiger partial charge in [-0.3, -0.25) is 9.59 Å². The molecule has 0 atom stereocenters. The van der Waals surface area contributed by atoms with E-state index in [1.54, 1.807) is 7.05 Å². The number of hydrogen-bond donors (Lipinski definition) is 1. The summed E-state index contributed by atoms with van der Waals surface area (Å²) in [5.41, 5.74) is 0. The van der Waals surface area contributed by atoms with E-state index in [0.717, 1.165) is 57.9 Å². The SMILES string of the molecule is CCCCCC(=O)N(CC/C=C\C/C=C\C/C=C\CCCC(=O)NC)C(C)C. The minimum Gasteiger partial charge on any atom is -0.359 e. The fourth-order valence-corrected chi connectivity index (χ4v) is 2.84. The Kier molecular flexibility index (Phi) is 17.3. The number of carbonyl (C=O) groups is 2. The molecule has 0 heterocycles. The largest absolute Gasteiger partial charge is 0.359 e. The summed E-state index contributed by atoms with van der Waals surface area (Å²) in [5, 5.41) is 2.63. The number of allylic oxidation sites excluding steroid dienone is 5. The molecule has 0 saturated heterocycles. The third-order valence-electron chi connectivity index (χ3n) is 4.57. The van der Waals surface area contributed by atoms with Crippen LogP contribution in [0.5, 0.6) is 0 Å². The predicted octanol–water partition coefficient (Wildman–Crippen LogP) is 5.56. The van der Waals surface area contributed by atoms with Gasteiger partial charge in [0.1, 0.15) is 0 Å². The van der Waals surface area contributed by atoms with Crippen molar-refractivity contribution in [3.05, 3.63) is 36.5 Å². The van der Waals surface area contributed by atoms with Crippen molar-refractivity contribution in [2.45, 2.75) is 91.0 Å². The van der Waals surface area contributed by atoms with Crippen molar-refractivity contribution in [2.24, 2.45) is 0 Å². The number of nitrogens with one attached hydrogen (secondary N) is 1. The van der Waals surface area contributed by atoms with Crippen LogP contribution in [0.2, 0.25) is 0 Å². The molecule has 0 fully saturated rings. The highest BCUT2D eigenvalue weighted by molar-refractivity contribution is 5.76. The Hall–Kier alpha value is -1.84. The van der Waals surface area contributed by atoms with Crippen molar-refractivity contribution in [3.63, 3.8) is 0 Å². The molecule has 28 heavy (non-hydrogen) atoms. The summed E-state index contributed by atoms with van der Waals surface area (Å²) in [4.78, 5) is 25.4. The molecule has 0 aromatic heterocycles. The Balaban J connectivity index is 3.87. The number of nitrogens with zero attached hydrogens (tertiary/aromatic N) is 1. The molecule has 0 bridgehead atoms. The molecular formula is C24H42N2O2. The van der Waals surface area contributed by atoms with Crippen LogP contribution in [-0.4, -0.2) is 36.3 Å². The van der Waals surface area contributed by atoms with Gasteiger partial charge in [-0.2, -0.15) is 0 Å². The second-order valence-corrected chi connectivity index (χ2v) is 7.38. The maximum atomic E-state index is 12.3. The van der Waals surface area contributed by atoms with Gasteiger partial charge in [0.05, 0.1) is 0 Å². The van der Waals surface area contributed by atoms with E-state index in [2.05, 4.69) is 62.5 Å². The van der Waals surface area contributed by atoms with Crippen LogP contribution in [0.1, 0.15) is 85.0 Å². The minimum atomic E-state index is 0.109. The summed E-state index contributed by atoms with van der Waals surface area (Å²) >= 11 is 0. The van der Waals surface area contributed by atoms with Crippen molar-refractivity contribution in [1.29, 1.82) is 0 Å². The first kappa shape index (κ1) is 26.2. The third-order valence-corrected chi connectivity index (χ3v) is 4.57. The van der Waals surface area contributed by atoms with Crippen LogP contribution in [0.3, 0.4) is 0 Å². The first-order chi connectivity index (χ1) is 13.5. The quantitative estimate of drug-likeness (QED) is 0.277. The Bertz CT molecular complexity index is 493. The lowest BCUT2D eigenvalue weighted by Gasteiger charge is -2.26. The van der Waals surface area contributed by atoms with Gasteiger partial charge in [0.25, 0.3) is 0 Å². The van der Waals surface area contributed by atoms with Crippen LogP contribution in [0.25, 0.3) is 0 Å². The molecule has 0 aliphatic rings. The van der Waals surface area contributed by atoms with E-state index in [1.807, 2.05) is 4.90 Å². The molecule has 4 heteroatoms. The zero-order chi connectivity index (χ0) is 21.0. The number of carbonyl (C=O) groups excluding carboxylic acids is 2. The van der Waals surface area contributed by atoms with Crippen molar-refractivity contribution < 1.29 is 9.59 Å². The molecule has 0 radical (unpaired) electrons. The zero-order valence-corrected chi connectivity index (χ0v) is 18.6. The molecule has 160 valence electrons. The van der Waals surface area contributed by atoms with E-state index in [9.17, 15) is 9.59 Å². The lowest BCUT2D eigenvalue weighted by molar-refractivity contribution is -0.133. The summed E-state index contributed by atoms with van der Waals surface area (Å²) in [7, 11) is 1.67. The highest BCUT2D eigenvalue weighted by Crippen LogP contribution is 2.08. The smallest absolute Gasteiger partial charge is 0.222 e. The number of unbranched alkanes of at least 4 members (excludes halogenated alkanes) is 3. The molecule has 0 aromatic carbocycles. The Labute approximate surface area is 173 Å². The van der Waals surface area contributed by atoms with Gasteiger partial charge >= 0.3 is 0 Å². The summed E-state index contributed by atoms with van der Waals surface area (Å²) in [6, 6.07) is 0.269. The molecule has 0 rings (SSSR count). The van der Waals surface area contributed by atoms with Crippen LogP contribution in [0.4, 0.5) is 0 Å². The molecule has 0 spiro atoms. The van der Waals surface area contributed by atoms with Gasteiger partial charge in [0.2, 0.25) is 11.8 Å². The first-order valence-corrected chi connectivity index (χ1v) is 11.0. The molecule has 0 saturated carbocycles. The third kappa shape index (κ3) is 15.2. The maximum Gasteiger partial charge on any atom is 0.222 e. The molecule has 0 aliphatic heterocycles. The van der Waals surface area contributed by atoms with Crippen LogP contribution < -0.4 is 5.32 Å². The van der Waals surface area contributed by atoms with Crippen molar-refractivity contribution in [1.82, 2.24) is 10.2 Å². The number of rotatable bonds is 16. The lowest BCUT2D eigenvalue weighted by Crippen LogP contribution is -2.37. The Morgan fingerprint density at radius 2 is 1.46 bits per heavy atom. The monoisotopic (exact) mass is 390 g/mol. The van der Waals surface area contributed by atoms with Gasteiger partial charge in [-0.15, -0.1) is 0 Å². The van der Waals surface area contributed by atoms with Crippen molar-refractivity contribution in [3.8, 4) is 0 Å².